The summed E-state index contributed by atoms with van der Waals surface area (Å²) in [7, 11) is 0. The summed E-state index contributed by atoms with van der Waals surface area (Å²) in [5.74, 6) is 0.743. The molecule has 0 atom stereocenters. The van der Waals surface area contributed by atoms with Crippen molar-refractivity contribution < 1.29 is 0 Å². The summed E-state index contributed by atoms with van der Waals surface area (Å²) in [6.07, 6.45) is 0. The van der Waals surface area contributed by atoms with Crippen LogP contribution in [0.1, 0.15) is 64.5 Å². The second kappa shape index (κ2) is 8.12. The molecule has 0 unspecified atom stereocenters. The minimum absolute atomic E-state index is 0.0260. The van der Waals surface area contributed by atoms with Gasteiger partial charge in [-0.1, -0.05) is 39.8 Å². The Bertz CT molecular complexity index is 1590. The molecule has 0 bridgehead atoms. The SMILES string of the molecule is CCn1c2cc(C(C)C)ccc2c(=O)c2cc3c(cc21)c(=O)c1ccc(C(C)C)cc1n3CC. The number of pyridine rings is 2. The lowest BCUT2D eigenvalue weighted by Crippen LogP contribution is -2.15. The lowest BCUT2D eigenvalue weighted by atomic mass is 9.98. The van der Waals surface area contributed by atoms with E-state index in [0.717, 1.165) is 32.8 Å². The van der Waals surface area contributed by atoms with Gasteiger partial charge in [-0.2, -0.15) is 0 Å². The molecule has 34 heavy (non-hydrogen) atoms. The molecule has 5 aromatic rings. The lowest BCUT2D eigenvalue weighted by Gasteiger charge is -2.19. The molecule has 0 spiro atoms. The van der Waals surface area contributed by atoms with Gasteiger partial charge in [-0.15, -0.1) is 0 Å². The van der Waals surface area contributed by atoms with Crippen LogP contribution in [0.3, 0.4) is 0 Å². The summed E-state index contributed by atoms with van der Waals surface area (Å²) in [5.41, 5.74) is 5.98. The second-order valence-corrected chi connectivity index (χ2v) is 9.90. The van der Waals surface area contributed by atoms with E-state index in [1.165, 1.54) is 11.1 Å². The van der Waals surface area contributed by atoms with Crippen molar-refractivity contribution >= 4 is 43.6 Å². The molecule has 0 aliphatic carbocycles. The fourth-order valence-corrected chi connectivity index (χ4v) is 5.26. The van der Waals surface area contributed by atoms with E-state index >= 15 is 0 Å². The molecule has 0 saturated carbocycles. The maximum atomic E-state index is 13.7. The molecule has 0 fully saturated rings. The predicted molar refractivity (Wildman–Crippen MR) is 145 cm³/mol. The van der Waals surface area contributed by atoms with Crippen LogP contribution in [-0.4, -0.2) is 9.13 Å². The van der Waals surface area contributed by atoms with E-state index < -0.39 is 0 Å². The van der Waals surface area contributed by atoms with Crippen LogP contribution < -0.4 is 10.9 Å². The fourth-order valence-electron chi connectivity index (χ4n) is 5.26. The first-order valence-electron chi connectivity index (χ1n) is 12.4. The zero-order valence-corrected chi connectivity index (χ0v) is 20.9. The van der Waals surface area contributed by atoms with Crippen LogP contribution in [0.5, 0.6) is 0 Å². The van der Waals surface area contributed by atoms with Gasteiger partial charge in [-0.25, -0.2) is 0 Å². The molecule has 5 rings (SSSR count). The molecule has 2 heterocycles. The molecule has 0 amide bonds. The highest BCUT2D eigenvalue weighted by Gasteiger charge is 2.17. The molecule has 3 aromatic carbocycles. The summed E-state index contributed by atoms with van der Waals surface area (Å²) in [5, 5.41) is 2.79. The van der Waals surface area contributed by atoms with Crippen LogP contribution in [0, 0.1) is 0 Å². The maximum absolute atomic E-state index is 13.7. The zero-order valence-electron chi connectivity index (χ0n) is 20.9. The normalized spacial score (nSPS) is 12.2. The Morgan fingerprint density at radius 3 is 1.24 bits per heavy atom. The van der Waals surface area contributed by atoms with Gasteiger partial charge in [-0.05, 0) is 73.2 Å². The predicted octanol–water partition coefficient (Wildman–Crippen LogP) is 6.91. The Labute approximate surface area is 199 Å². The van der Waals surface area contributed by atoms with Crippen molar-refractivity contribution in [2.75, 3.05) is 0 Å². The molecule has 0 radical (unpaired) electrons. The highest BCUT2D eigenvalue weighted by atomic mass is 16.1. The van der Waals surface area contributed by atoms with Gasteiger partial charge in [0, 0.05) is 34.6 Å². The van der Waals surface area contributed by atoms with E-state index in [0.29, 0.717) is 35.7 Å². The average molecular weight is 453 g/mol. The van der Waals surface area contributed by atoms with Crippen molar-refractivity contribution in [1.29, 1.82) is 0 Å². The standard InChI is InChI=1S/C30H32N2O2/c1-7-31-25-13-19(17(3)4)9-11-21(25)29(33)23-16-28-24(15-27(23)31)30(34)22-12-10-20(18(5)6)14-26(22)32(28)8-2/h9-18H,7-8H2,1-6H3. The minimum atomic E-state index is 0.0260. The quantitative estimate of drug-likeness (QED) is 0.278. The molecular formula is C30H32N2O2. The number of rotatable bonds is 4. The minimum Gasteiger partial charge on any atom is -0.341 e. The first-order valence-corrected chi connectivity index (χ1v) is 12.4. The van der Waals surface area contributed by atoms with E-state index in [2.05, 4.69) is 74.9 Å². The summed E-state index contributed by atoms with van der Waals surface area (Å²) >= 11 is 0. The number of hydrogen-bond donors (Lipinski definition) is 0. The Balaban J connectivity index is 2.00. The largest absolute Gasteiger partial charge is 0.341 e. The van der Waals surface area contributed by atoms with E-state index in [9.17, 15) is 9.59 Å². The smallest absolute Gasteiger partial charge is 0.197 e. The van der Waals surface area contributed by atoms with Crippen LogP contribution in [0.15, 0.2) is 58.1 Å². The van der Waals surface area contributed by atoms with Gasteiger partial charge in [0.25, 0.3) is 0 Å². The third-order valence-electron chi connectivity index (χ3n) is 7.27. The molecule has 174 valence electrons. The van der Waals surface area contributed by atoms with Crippen LogP contribution in [0.2, 0.25) is 0 Å². The van der Waals surface area contributed by atoms with Crippen molar-refractivity contribution in [3.8, 4) is 0 Å². The topological polar surface area (TPSA) is 44.0 Å². The van der Waals surface area contributed by atoms with E-state index in [1.807, 2.05) is 24.3 Å². The van der Waals surface area contributed by atoms with E-state index in [1.54, 1.807) is 0 Å². The molecule has 0 saturated heterocycles. The number of fused-ring (bicyclic) bond motifs is 4. The Kier molecular flexibility index (Phi) is 5.35. The monoisotopic (exact) mass is 452 g/mol. The van der Waals surface area contributed by atoms with Gasteiger partial charge in [0.15, 0.2) is 10.9 Å². The second-order valence-electron chi connectivity index (χ2n) is 9.90. The van der Waals surface area contributed by atoms with E-state index in [-0.39, 0.29) is 10.9 Å². The van der Waals surface area contributed by atoms with Gasteiger partial charge in [0.2, 0.25) is 0 Å². The third kappa shape index (κ3) is 3.19. The first kappa shape index (κ1) is 22.4. The fraction of sp³-hybridized carbons (Fsp3) is 0.333. The lowest BCUT2D eigenvalue weighted by molar-refractivity contribution is 0.811. The van der Waals surface area contributed by atoms with Crippen molar-refractivity contribution in [2.45, 2.75) is 66.5 Å². The van der Waals surface area contributed by atoms with Crippen LogP contribution in [-0.2, 0) is 13.1 Å². The summed E-state index contributed by atoms with van der Waals surface area (Å²) < 4.78 is 4.36. The third-order valence-corrected chi connectivity index (χ3v) is 7.27. The number of hydrogen-bond acceptors (Lipinski definition) is 2. The van der Waals surface area contributed by atoms with Gasteiger partial charge in [0.05, 0.1) is 22.1 Å². The summed E-state index contributed by atoms with van der Waals surface area (Å²) in [4.78, 5) is 27.3. The van der Waals surface area contributed by atoms with Crippen LogP contribution >= 0.6 is 0 Å². The van der Waals surface area contributed by atoms with Gasteiger partial charge in [-0.3, -0.25) is 9.59 Å². The zero-order chi connectivity index (χ0) is 24.3. The molecule has 2 aromatic heterocycles. The van der Waals surface area contributed by atoms with Gasteiger partial charge < -0.3 is 9.13 Å². The highest BCUT2D eigenvalue weighted by molar-refractivity contribution is 6.03. The van der Waals surface area contributed by atoms with Crippen molar-refractivity contribution in [2.24, 2.45) is 0 Å². The number of aryl methyl sites for hydroxylation is 2. The van der Waals surface area contributed by atoms with Crippen molar-refractivity contribution in [1.82, 2.24) is 9.13 Å². The summed E-state index contributed by atoms with van der Waals surface area (Å²) in [6, 6.07) is 16.2. The van der Waals surface area contributed by atoms with Crippen molar-refractivity contribution in [3.63, 3.8) is 0 Å². The number of aromatic nitrogens is 2. The Hall–Kier alpha value is -3.40. The summed E-state index contributed by atoms with van der Waals surface area (Å²) in [6.45, 7) is 14.3. The Morgan fingerprint density at radius 2 is 0.912 bits per heavy atom. The maximum Gasteiger partial charge on any atom is 0.197 e. The van der Waals surface area contributed by atoms with Gasteiger partial charge in [0.1, 0.15) is 0 Å². The van der Waals surface area contributed by atoms with Crippen molar-refractivity contribution in [3.05, 3.63) is 80.1 Å². The molecule has 0 aliphatic heterocycles. The molecule has 0 aliphatic rings. The molecular weight excluding hydrogens is 420 g/mol. The van der Waals surface area contributed by atoms with E-state index in [4.69, 9.17) is 0 Å². The molecule has 0 N–H and O–H groups in total. The molecule has 4 nitrogen and oxygen atoms in total. The van der Waals surface area contributed by atoms with Crippen LogP contribution in [0.25, 0.3) is 43.6 Å². The highest BCUT2D eigenvalue weighted by Crippen LogP contribution is 2.29. The number of nitrogens with zero attached hydrogens (tertiary/aromatic N) is 2. The van der Waals surface area contributed by atoms with Crippen LogP contribution in [0.4, 0.5) is 0 Å². The average Bonchev–Trinajstić information content (AvgIpc) is 2.83. The van der Waals surface area contributed by atoms with Gasteiger partial charge >= 0.3 is 0 Å². The number of benzene rings is 3. The first-order chi connectivity index (χ1) is 16.3. The molecule has 4 heteroatoms. The Morgan fingerprint density at radius 1 is 0.559 bits per heavy atom.